The summed E-state index contributed by atoms with van der Waals surface area (Å²) in [5.74, 6) is -0.466. The van der Waals surface area contributed by atoms with Gasteiger partial charge in [0.25, 0.3) is 5.88 Å². The van der Waals surface area contributed by atoms with E-state index in [1.165, 1.54) is 40.4 Å². The zero-order valence-electron chi connectivity index (χ0n) is 39.0. The molecule has 0 bridgehead atoms. The molecule has 71 heavy (non-hydrogen) atoms. The second-order valence-electron chi connectivity index (χ2n) is 18.0. The average molecular weight is 1120 g/mol. The van der Waals surface area contributed by atoms with Gasteiger partial charge in [-0.15, -0.1) is 5.10 Å². The fourth-order valence-corrected chi connectivity index (χ4v) is 10.9. The molecule has 0 radical (unpaired) electrons. The molecule has 2 fully saturated rings. The molecule has 0 saturated heterocycles. The van der Waals surface area contributed by atoms with Crippen LogP contribution in [-0.4, -0.2) is 104 Å². The molecule has 8 aromatic rings. The van der Waals surface area contributed by atoms with Crippen LogP contribution < -0.4 is 29.0 Å². The van der Waals surface area contributed by atoms with Crippen molar-refractivity contribution >= 4 is 89.1 Å². The number of hydrogen-bond acceptors (Lipinski definition) is 13. The number of aryl methyl sites for hydroxylation is 2. The van der Waals surface area contributed by atoms with E-state index in [1.807, 2.05) is 29.8 Å². The number of carbonyl (C=O) groups excluding carboxylic acids is 2. The number of halogens is 5. The van der Waals surface area contributed by atoms with Gasteiger partial charge in [0.2, 0.25) is 5.91 Å². The summed E-state index contributed by atoms with van der Waals surface area (Å²) in [7, 11) is -2.22. The van der Waals surface area contributed by atoms with Crippen LogP contribution in [0.5, 0.6) is 5.88 Å². The maximum absolute atomic E-state index is 14.1. The number of carbonyl (C=O) groups is 2. The van der Waals surface area contributed by atoms with E-state index in [9.17, 15) is 40.0 Å². The van der Waals surface area contributed by atoms with E-state index in [0.717, 1.165) is 54.3 Å². The number of fused-ring (bicyclic) bond motifs is 6. The molecule has 2 saturated carbocycles. The molecular formula is C45H53F5N14O5SSn. The predicted molar refractivity (Wildman–Crippen MR) is 260 cm³/mol. The number of amides is 2. The van der Waals surface area contributed by atoms with Crippen LogP contribution in [0.1, 0.15) is 58.1 Å². The van der Waals surface area contributed by atoms with E-state index in [1.54, 1.807) is 34.6 Å². The van der Waals surface area contributed by atoms with Crippen LogP contribution in [0.4, 0.5) is 33.6 Å². The zero-order chi connectivity index (χ0) is 50.4. The molecular weight excluding hydrogens is 1060 g/mol. The van der Waals surface area contributed by atoms with Gasteiger partial charge in [-0.3, -0.25) is 4.79 Å². The van der Waals surface area contributed by atoms with Crippen LogP contribution in [0.2, 0.25) is 14.8 Å². The third kappa shape index (κ3) is 11.9. The summed E-state index contributed by atoms with van der Waals surface area (Å²) in [5, 5.41) is 20.3. The SMILES string of the molecule is C.CC(=O)NCc1c[c]([Sn]([CH3])([CH3])[CH3])ccc1F.CC(=O)NCc1cc(-c2cc3nc(NC4CC4)c4ncn(C)c4n3n2)ccc1F.Cn1cnc2c(NC3CC3)nc3cc(OS(=O)(=O)C(F)(F)F)nn3c21. The minimum absolute atomic E-state index is 0. The van der Waals surface area contributed by atoms with Gasteiger partial charge >= 0.3 is 116 Å². The molecule has 19 nitrogen and oxygen atoms in total. The van der Waals surface area contributed by atoms with Gasteiger partial charge in [0.1, 0.15) is 5.82 Å². The molecule has 2 amide bonds. The number of rotatable bonds is 12. The topological polar surface area (TPSA) is 222 Å². The van der Waals surface area contributed by atoms with Crippen molar-refractivity contribution in [1.82, 2.24) is 58.9 Å². The maximum Gasteiger partial charge on any atom is 0.534 e. The number of nitrogens with one attached hydrogen (secondary N) is 4. The normalized spacial score (nSPS) is 13.8. The second-order valence-corrected chi connectivity index (χ2v) is 34.1. The van der Waals surface area contributed by atoms with Crippen LogP contribution in [0.3, 0.4) is 0 Å². The summed E-state index contributed by atoms with van der Waals surface area (Å²) in [6, 6.07) is 13.7. The summed E-state index contributed by atoms with van der Waals surface area (Å²) in [6.45, 7) is 3.24. The van der Waals surface area contributed by atoms with Gasteiger partial charge in [-0.2, -0.15) is 35.7 Å². The molecule has 378 valence electrons. The van der Waals surface area contributed by atoms with Crippen LogP contribution in [-0.2, 0) is 46.9 Å². The Balaban J connectivity index is 0.000000162. The van der Waals surface area contributed by atoms with Crippen molar-refractivity contribution in [2.24, 2.45) is 14.1 Å². The first-order valence-electron chi connectivity index (χ1n) is 22.0. The van der Waals surface area contributed by atoms with Crippen molar-refractivity contribution in [3.05, 3.63) is 83.9 Å². The summed E-state index contributed by atoms with van der Waals surface area (Å²) in [4.78, 5) is 46.5. The number of aromatic nitrogens is 10. The monoisotopic (exact) mass is 1120 g/mol. The maximum atomic E-state index is 14.1. The molecule has 26 heteroatoms. The smallest absolute Gasteiger partial charge is 0.365 e. The molecule has 0 aliphatic heterocycles. The second kappa shape index (κ2) is 20.2. The van der Waals surface area contributed by atoms with E-state index in [2.05, 4.69) is 60.3 Å². The third-order valence-electron chi connectivity index (χ3n) is 11.1. The molecule has 6 heterocycles. The Morgan fingerprint density at radius 3 is 1.69 bits per heavy atom. The van der Waals surface area contributed by atoms with E-state index >= 15 is 0 Å². The van der Waals surface area contributed by atoms with Gasteiger partial charge in [-0.05, 0) is 43.9 Å². The van der Waals surface area contributed by atoms with Gasteiger partial charge in [0.05, 0.1) is 18.3 Å². The first kappa shape index (κ1) is 52.2. The first-order valence-corrected chi connectivity index (χ1v) is 33.4. The standard InChI is InChI=1S/C20H20FN7O.C12H11F3N6O3S.C9H9FNO.CH4.3CH3.Sn/c1-11(29)22-9-13-7-12(3-6-15(13)21)16-8-17-25-19(24-14-4-5-14)18-20(28(17)26-16)27(2)10-23-18;1-20-5-16-9-10(17-6-2-3-6)18-7-4-8(19-21(7)11(9)20)24-25(22,23)12(13,14)15;1-7(12)11-6-8-4-2-3-5-9(8)10;;;;;/h3,6-8,10,14H,4-5,9H2,1-2H3,(H,22,29)(H,24,25);4-6H,2-3H2,1H3,(H,17,18);3-5H,6H2,1H3,(H,11,12);1H4;3*1H3;. The summed E-state index contributed by atoms with van der Waals surface area (Å²) >= 11 is -2.14. The number of hydrogen-bond donors (Lipinski definition) is 4. The third-order valence-corrected chi connectivity index (χ3v) is 17.9. The van der Waals surface area contributed by atoms with E-state index in [-0.39, 0.29) is 55.7 Å². The Kier molecular flexibility index (Phi) is 14.9. The Hall–Kier alpha value is -6.64. The number of anilines is 2. The van der Waals surface area contributed by atoms with Crippen LogP contribution >= 0.6 is 0 Å². The number of alkyl halides is 3. The van der Waals surface area contributed by atoms with Gasteiger partial charge in [0.15, 0.2) is 45.3 Å². The van der Waals surface area contributed by atoms with Crippen molar-refractivity contribution < 1.29 is 44.1 Å². The fraction of sp³-hybridized carbons (Fsp3) is 0.378. The fourth-order valence-electron chi connectivity index (χ4n) is 7.08. The van der Waals surface area contributed by atoms with E-state index in [4.69, 9.17) is 10.1 Å². The summed E-state index contributed by atoms with van der Waals surface area (Å²) in [6.07, 6.45) is 7.49. The van der Waals surface area contributed by atoms with Crippen LogP contribution in [0.25, 0.3) is 44.9 Å². The van der Waals surface area contributed by atoms with E-state index < -0.39 is 39.9 Å². The molecule has 10 rings (SSSR count). The minimum atomic E-state index is -5.81. The predicted octanol–water partition coefficient (Wildman–Crippen LogP) is 6.69. The molecule has 0 spiro atoms. The first-order chi connectivity index (χ1) is 32.9. The van der Waals surface area contributed by atoms with Gasteiger partial charge in [0, 0.05) is 62.9 Å². The van der Waals surface area contributed by atoms with Gasteiger partial charge < -0.3 is 29.3 Å². The van der Waals surface area contributed by atoms with Crippen molar-refractivity contribution in [3.63, 3.8) is 0 Å². The molecule has 2 aliphatic rings. The molecule has 6 aromatic heterocycles. The Morgan fingerprint density at radius 1 is 0.732 bits per heavy atom. The molecule has 0 atom stereocenters. The summed E-state index contributed by atoms with van der Waals surface area (Å²) < 4.78 is 99.1. The largest absolute Gasteiger partial charge is 0.534 e. The average Bonchev–Trinajstić information content (AvgIpc) is 4.09. The Morgan fingerprint density at radius 2 is 1.21 bits per heavy atom. The zero-order valence-corrected chi connectivity index (χ0v) is 42.7. The molecule has 2 aromatic carbocycles. The Labute approximate surface area is 408 Å². The number of benzene rings is 2. The minimum Gasteiger partial charge on any atom is -0.365 e. The number of imidazole rings is 2. The Bertz CT molecular complexity index is 3410. The number of nitrogens with zero attached hydrogens (tertiary/aromatic N) is 10. The van der Waals surface area contributed by atoms with Crippen LogP contribution in [0.15, 0.2) is 61.2 Å². The van der Waals surface area contributed by atoms with Gasteiger partial charge in [-0.25, -0.2) is 24.3 Å². The van der Waals surface area contributed by atoms with Crippen molar-refractivity contribution in [1.29, 1.82) is 0 Å². The molecule has 2 aliphatic carbocycles. The van der Waals surface area contributed by atoms with Crippen molar-refractivity contribution in [3.8, 4) is 17.1 Å². The van der Waals surface area contributed by atoms with Gasteiger partial charge in [-0.1, -0.05) is 7.43 Å². The molecule has 4 N–H and O–H groups in total. The quantitative estimate of drug-likeness (QED) is 0.0434. The van der Waals surface area contributed by atoms with Crippen molar-refractivity contribution in [2.45, 2.75) is 92.5 Å². The van der Waals surface area contributed by atoms with Crippen LogP contribution in [0, 0.1) is 11.6 Å². The summed E-state index contributed by atoms with van der Waals surface area (Å²) in [5.41, 5.74) is 0.204. The molecule has 0 unspecified atom stereocenters. The van der Waals surface area contributed by atoms with E-state index in [0.29, 0.717) is 45.5 Å². The van der Waals surface area contributed by atoms with Crippen molar-refractivity contribution in [2.75, 3.05) is 10.6 Å².